The number of nitrogens with one attached hydrogen (secondary N) is 2. The molecule has 0 aliphatic carbocycles. The summed E-state index contributed by atoms with van der Waals surface area (Å²) in [5.41, 5.74) is -0.803. The minimum atomic E-state index is -4.55. The maximum Gasteiger partial charge on any atom is 0.418 e. The fourth-order valence-corrected chi connectivity index (χ4v) is 1.70. The number of amides is 1. The Hall–Kier alpha value is -2.64. The Kier molecular flexibility index (Phi) is 4.06. The zero-order valence-electron chi connectivity index (χ0n) is 10.9. The molecule has 0 aliphatic rings. The number of halogens is 3. The summed E-state index contributed by atoms with van der Waals surface area (Å²) in [7, 11) is 1.38. The van der Waals surface area contributed by atoms with Crippen LogP contribution in [0.4, 0.5) is 24.5 Å². The van der Waals surface area contributed by atoms with Crippen molar-refractivity contribution in [2.45, 2.75) is 6.18 Å². The Morgan fingerprint density at radius 1 is 1.19 bits per heavy atom. The van der Waals surface area contributed by atoms with Crippen molar-refractivity contribution in [2.75, 3.05) is 17.7 Å². The molecule has 0 fully saturated rings. The lowest BCUT2D eigenvalue weighted by Crippen LogP contribution is -2.15. The van der Waals surface area contributed by atoms with Crippen LogP contribution in [0.5, 0.6) is 0 Å². The molecule has 0 unspecified atom stereocenters. The van der Waals surface area contributed by atoms with E-state index in [1.54, 1.807) is 0 Å². The van der Waals surface area contributed by atoms with Gasteiger partial charge in [-0.1, -0.05) is 0 Å². The molecule has 1 aromatic heterocycles. The highest BCUT2D eigenvalue weighted by Crippen LogP contribution is 2.35. The van der Waals surface area contributed by atoms with Crippen LogP contribution >= 0.6 is 0 Å². The van der Waals surface area contributed by atoms with Crippen LogP contribution in [-0.2, 0) is 6.18 Å². The molecule has 0 radical (unpaired) electrons. The molecular weight excluding hydrogens is 285 g/mol. The Labute approximate surface area is 118 Å². The number of aromatic nitrogens is 2. The first kappa shape index (κ1) is 14.8. The lowest BCUT2D eigenvalue weighted by atomic mass is 10.1. The maximum absolute atomic E-state index is 12.9. The fourth-order valence-electron chi connectivity index (χ4n) is 1.70. The second-order valence-electron chi connectivity index (χ2n) is 4.09. The van der Waals surface area contributed by atoms with Gasteiger partial charge in [-0.05, 0) is 18.2 Å². The maximum atomic E-state index is 12.9. The second-order valence-corrected chi connectivity index (χ2v) is 4.09. The Morgan fingerprint density at radius 3 is 2.43 bits per heavy atom. The molecule has 1 heterocycles. The van der Waals surface area contributed by atoms with Crippen molar-refractivity contribution in [1.82, 2.24) is 9.97 Å². The van der Waals surface area contributed by atoms with Crippen molar-refractivity contribution >= 4 is 17.3 Å². The van der Waals surface area contributed by atoms with E-state index in [1.165, 1.54) is 37.9 Å². The molecule has 0 aliphatic heterocycles. The molecule has 5 nitrogen and oxygen atoms in total. The van der Waals surface area contributed by atoms with E-state index in [4.69, 9.17) is 0 Å². The normalized spacial score (nSPS) is 11.0. The van der Waals surface area contributed by atoms with Gasteiger partial charge in [-0.3, -0.25) is 4.79 Å². The van der Waals surface area contributed by atoms with Gasteiger partial charge >= 0.3 is 6.18 Å². The molecule has 0 bridgehead atoms. The average Bonchev–Trinajstić information content (AvgIpc) is 2.46. The Morgan fingerprint density at radius 2 is 1.86 bits per heavy atom. The number of nitrogens with zero attached hydrogens (tertiary/aromatic N) is 2. The van der Waals surface area contributed by atoms with Crippen molar-refractivity contribution in [3.8, 4) is 0 Å². The number of carbonyl (C=O) groups excluding carboxylic acids is 1. The van der Waals surface area contributed by atoms with Crippen LogP contribution in [0.3, 0.4) is 0 Å². The molecule has 0 saturated heterocycles. The summed E-state index contributed by atoms with van der Waals surface area (Å²) in [6, 6.07) is 3.31. The van der Waals surface area contributed by atoms with Gasteiger partial charge in [0.25, 0.3) is 5.91 Å². The van der Waals surface area contributed by atoms with Gasteiger partial charge in [0.15, 0.2) is 0 Å². The number of hydrogen-bond acceptors (Lipinski definition) is 4. The van der Waals surface area contributed by atoms with Crippen LogP contribution in [0.1, 0.15) is 15.9 Å². The highest BCUT2D eigenvalue weighted by atomic mass is 19.4. The highest BCUT2D eigenvalue weighted by Gasteiger charge is 2.34. The molecule has 110 valence electrons. The second kappa shape index (κ2) is 5.78. The summed E-state index contributed by atoms with van der Waals surface area (Å²) < 4.78 is 38.7. The topological polar surface area (TPSA) is 66.9 Å². The number of alkyl halides is 3. The van der Waals surface area contributed by atoms with Gasteiger partial charge in [0.2, 0.25) is 0 Å². The lowest BCUT2D eigenvalue weighted by Gasteiger charge is -2.14. The standard InChI is InChI=1S/C13H11F3N4O/c1-17-11-3-2-8(4-10(11)13(14,15)16)12(21)20-9-5-18-7-19-6-9/h2-7,17H,1H3,(H,20,21). The van der Waals surface area contributed by atoms with Crippen LogP contribution in [-0.4, -0.2) is 22.9 Å². The van der Waals surface area contributed by atoms with E-state index in [-0.39, 0.29) is 11.3 Å². The van der Waals surface area contributed by atoms with Gasteiger partial charge in [0.1, 0.15) is 6.33 Å². The SMILES string of the molecule is CNc1ccc(C(=O)Nc2cncnc2)cc1C(F)(F)F. The molecule has 0 saturated carbocycles. The minimum absolute atomic E-state index is 0.0953. The third-order valence-electron chi connectivity index (χ3n) is 2.67. The summed E-state index contributed by atoms with van der Waals surface area (Å²) in [4.78, 5) is 19.3. The number of benzene rings is 1. The quantitative estimate of drug-likeness (QED) is 0.914. The van der Waals surface area contributed by atoms with Gasteiger partial charge in [0.05, 0.1) is 23.6 Å². The van der Waals surface area contributed by atoms with Crippen LogP contribution in [0.25, 0.3) is 0 Å². The summed E-state index contributed by atoms with van der Waals surface area (Å²) in [6.45, 7) is 0. The van der Waals surface area contributed by atoms with Crippen molar-refractivity contribution in [2.24, 2.45) is 0 Å². The molecule has 8 heteroatoms. The molecule has 0 atom stereocenters. The van der Waals surface area contributed by atoms with E-state index in [0.717, 1.165) is 6.07 Å². The molecule has 1 amide bonds. The van der Waals surface area contributed by atoms with E-state index in [1.807, 2.05) is 0 Å². The summed E-state index contributed by atoms with van der Waals surface area (Å²) in [6.07, 6.45) is -0.585. The van der Waals surface area contributed by atoms with E-state index in [9.17, 15) is 18.0 Å². The average molecular weight is 296 g/mol. The molecule has 21 heavy (non-hydrogen) atoms. The third kappa shape index (κ3) is 3.47. The monoisotopic (exact) mass is 296 g/mol. The highest BCUT2D eigenvalue weighted by molar-refractivity contribution is 6.04. The first-order chi connectivity index (χ1) is 9.91. The lowest BCUT2D eigenvalue weighted by molar-refractivity contribution is -0.136. The Bertz CT molecular complexity index is 644. The van der Waals surface area contributed by atoms with Crippen LogP contribution in [0, 0.1) is 0 Å². The van der Waals surface area contributed by atoms with Crippen molar-refractivity contribution in [3.63, 3.8) is 0 Å². The van der Waals surface area contributed by atoms with Gasteiger partial charge in [-0.25, -0.2) is 9.97 Å². The predicted octanol–water partition coefficient (Wildman–Crippen LogP) is 2.79. The molecule has 1 aromatic carbocycles. The number of anilines is 2. The molecule has 2 rings (SSSR count). The zero-order valence-corrected chi connectivity index (χ0v) is 10.9. The zero-order chi connectivity index (χ0) is 15.5. The number of hydrogen-bond donors (Lipinski definition) is 2. The minimum Gasteiger partial charge on any atom is -0.388 e. The molecular formula is C13H11F3N4O. The van der Waals surface area contributed by atoms with Crippen molar-refractivity contribution < 1.29 is 18.0 Å². The van der Waals surface area contributed by atoms with E-state index < -0.39 is 17.6 Å². The van der Waals surface area contributed by atoms with Crippen LogP contribution in [0.2, 0.25) is 0 Å². The van der Waals surface area contributed by atoms with Crippen molar-refractivity contribution in [3.05, 3.63) is 48.0 Å². The van der Waals surface area contributed by atoms with Gasteiger partial charge in [-0.15, -0.1) is 0 Å². The van der Waals surface area contributed by atoms with E-state index in [0.29, 0.717) is 5.69 Å². The largest absolute Gasteiger partial charge is 0.418 e. The first-order valence-electron chi connectivity index (χ1n) is 5.87. The van der Waals surface area contributed by atoms with Gasteiger partial charge < -0.3 is 10.6 Å². The predicted molar refractivity (Wildman–Crippen MR) is 71.0 cm³/mol. The number of carbonyl (C=O) groups is 1. The van der Waals surface area contributed by atoms with E-state index in [2.05, 4.69) is 20.6 Å². The third-order valence-corrected chi connectivity index (χ3v) is 2.67. The first-order valence-corrected chi connectivity index (χ1v) is 5.87. The summed E-state index contributed by atoms with van der Waals surface area (Å²) in [5.74, 6) is -0.669. The van der Waals surface area contributed by atoms with E-state index >= 15 is 0 Å². The molecule has 2 N–H and O–H groups in total. The molecule has 2 aromatic rings. The van der Waals surface area contributed by atoms with Crippen LogP contribution in [0.15, 0.2) is 36.9 Å². The van der Waals surface area contributed by atoms with Gasteiger partial charge in [-0.2, -0.15) is 13.2 Å². The number of rotatable bonds is 3. The van der Waals surface area contributed by atoms with Crippen LogP contribution < -0.4 is 10.6 Å². The summed E-state index contributed by atoms with van der Waals surface area (Å²) >= 11 is 0. The Balaban J connectivity index is 2.30. The van der Waals surface area contributed by atoms with Crippen molar-refractivity contribution in [1.29, 1.82) is 0 Å². The summed E-state index contributed by atoms with van der Waals surface area (Å²) in [5, 5.41) is 4.87. The van der Waals surface area contributed by atoms with Gasteiger partial charge in [0, 0.05) is 18.3 Å². The fraction of sp³-hybridized carbons (Fsp3) is 0.154. The molecule has 0 spiro atoms. The smallest absolute Gasteiger partial charge is 0.388 e.